The van der Waals surface area contributed by atoms with Crippen molar-refractivity contribution in [1.82, 2.24) is 0 Å². The Morgan fingerprint density at radius 2 is 1.26 bits per heavy atom. The van der Waals surface area contributed by atoms with Gasteiger partial charge >= 0.3 is 9.28 Å². The van der Waals surface area contributed by atoms with E-state index in [1.165, 1.54) is 32.1 Å². The van der Waals surface area contributed by atoms with Crippen molar-refractivity contribution in [2.45, 2.75) is 50.5 Å². The molecule has 1 aliphatic rings. The van der Waals surface area contributed by atoms with Crippen LogP contribution >= 0.6 is 0 Å². The number of benzene rings is 2. The molecular weight excluding hydrogens is 300 g/mol. The van der Waals surface area contributed by atoms with Gasteiger partial charge in [0.2, 0.25) is 0 Å². The molecule has 23 heavy (non-hydrogen) atoms. The van der Waals surface area contributed by atoms with Gasteiger partial charge < -0.3 is 8.85 Å². The van der Waals surface area contributed by atoms with Crippen LogP contribution in [0.15, 0.2) is 60.7 Å². The van der Waals surface area contributed by atoms with Gasteiger partial charge in [0.1, 0.15) is 11.5 Å². The van der Waals surface area contributed by atoms with Gasteiger partial charge in [0.05, 0.1) is 0 Å². The van der Waals surface area contributed by atoms with Crippen molar-refractivity contribution in [3.05, 3.63) is 60.7 Å². The average molecular weight is 327 g/mol. The molecule has 2 aromatic carbocycles. The monoisotopic (exact) mass is 326 g/mol. The largest absolute Gasteiger partial charge is 0.514 e. The van der Waals surface area contributed by atoms with Crippen LogP contribution in [0, 0.1) is 0 Å². The summed E-state index contributed by atoms with van der Waals surface area (Å²) < 4.78 is 12.9. The second-order valence-corrected chi connectivity index (χ2v) is 8.83. The first kappa shape index (κ1) is 16.1. The van der Waals surface area contributed by atoms with Crippen molar-refractivity contribution in [1.29, 1.82) is 0 Å². The molecule has 0 spiro atoms. The van der Waals surface area contributed by atoms with Crippen molar-refractivity contribution in [2.75, 3.05) is 0 Å². The van der Waals surface area contributed by atoms with Gasteiger partial charge in [0, 0.05) is 5.04 Å². The van der Waals surface area contributed by atoms with E-state index in [0.29, 0.717) is 0 Å². The lowest BCUT2D eigenvalue weighted by Crippen LogP contribution is -2.44. The SMILES string of the molecule is CCC1([SiH](Oc2ccccc2)Oc2ccccc2)CCCCC1. The minimum absolute atomic E-state index is 0.240. The van der Waals surface area contributed by atoms with E-state index < -0.39 is 9.28 Å². The van der Waals surface area contributed by atoms with E-state index in [9.17, 15) is 0 Å². The summed E-state index contributed by atoms with van der Waals surface area (Å²) in [5, 5.41) is 0.240. The second kappa shape index (κ2) is 7.69. The normalized spacial score (nSPS) is 17.0. The molecule has 2 nitrogen and oxygen atoms in total. The molecule has 0 aromatic heterocycles. The molecule has 0 heterocycles. The third-order valence-electron chi connectivity index (χ3n) is 5.03. The minimum Gasteiger partial charge on any atom is -0.514 e. The highest BCUT2D eigenvalue weighted by atomic mass is 28.3. The molecule has 3 heteroatoms. The zero-order valence-corrected chi connectivity index (χ0v) is 15.1. The van der Waals surface area contributed by atoms with Crippen LogP contribution in [-0.4, -0.2) is 9.28 Å². The van der Waals surface area contributed by atoms with Gasteiger partial charge in [-0.2, -0.15) is 0 Å². The molecule has 0 N–H and O–H groups in total. The van der Waals surface area contributed by atoms with Crippen molar-refractivity contribution in [2.24, 2.45) is 0 Å². The third kappa shape index (κ3) is 3.97. The van der Waals surface area contributed by atoms with E-state index in [2.05, 4.69) is 6.92 Å². The highest BCUT2D eigenvalue weighted by Gasteiger charge is 2.45. The Morgan fingerprint density at radius 1 is 0.783 bits per heavy atom. The molecule has 0 amide bonds. The molecule has 1 saturated carbocycles. The number of hydrogen-bond acceptors (Lipinski definition) is 2. The fourth-order valence-electron chi connectivity index (χ4n) is 3.53. The number of hydrogen-bond donors (Lipinski definition) is 0. The van der Waals surface area contributed by atoms with Crippen LogP contribution in [0.25, 0.3) is 0 Å². The molecule has 2 aromatic rings. The van der Waals surface area contributed by atoms with Gasteiger partial charge in [-0.15, -0.1) is 0 Å². The van der Waals surface area contributed by atoms with E-state index >= 15 is 0 Å². The number of para-hydroxylation sites is 2. The first-order valence-corrected chi connectivity index (χ1v) is 10.3. The van der Waals surface area contributed by atoms with Gasteiger partial charge in [-0.1, -0.05) is 62.6 Å². The third-order valence-corrected chi connectivity index (χ3v) is 7.98. The average Bonchev–Trinajstić information content (AvgIpc) is 2.63. The van der Waals surface area contributed by atoms with Gasteiger partial charge in [-0.3, -0.25) is 0 Å². The summed E-state index contributed by atoms with van der Waals surface area (Å²) in [6, 6.07) is 20.3. The Bertz CT molecular complexity index is 538. The van der Waals surface area contributed by atoms with E-state index in [0.717, 1.165) is 17.9 Å². The minimum atomic E-state index is -1.90. The molecule has 0 aliphatic heterocycles. The van der Waals surface area contributed by atoms with E-state index in [1.54, 1.807) is 0 Å². The van der Waals surface area contributed by atoms with Gasteiger partial charge in [-0.05, 0) is 43.5 Å². The lowest BCUT2D eigenvalue weighted by atomic mass is 9.86. The lowest BCUT2D eigenvalue weighted by molar-refractivity contribution is 0.279. The summed E-state index contributed by atoms with van der Waals surface area (Å²) in [5.41, 5.74) is 0. The predicted molar refractivity (Wildman–Crippen MR) is 97.4 cm³/mol. The van der Waals surface area contributed by atoms with Crippen molar-refractivity contribution in [3.8, 4) is 11.5 Å². The highest BCUT2D eigenvalue weighted by molar-refractivity contribution is 6.50. The Kier molecular flexibility index (Phi) is 5.39. The fourth-order valence-corrected chi connectivity index (χ4v) is 6.10. The molecule has 0 unspecified atom stereocenters. The maximum absolute atomic E-state index is 6.47. The van der Waals surface area contributed by atoms with Gasteiger partial charge in [0.25, 0.3) is 0 Å². The quantitative estimate of drug-likeness (QED) is 0.654. The highest BCUT2D eigenvalue weighted by Crippen LogP contribution is 2.49. The van der Waals surface area contributed by atoms with Gasteiger partial charge in [-0.25, -0.2) is 0 Å². The maximum Gasteiger partial charge on any atom is 0.450 e. The van der Waals surface area contributed by atoms with E-state index in [1.807, 2.05) is 60.7 Å². The molecule has 122 valence electrons. The van der Waals surface area contributed by atoms with Crippen LogP contribution in [0.1, 0.15) is 45.4 Å². The first-order valence-electron chi connectivity index (χ1n) is 8.76. The molecule has 0 saturated heterocycles. The number of rotatable bonds is 6. The molecule has 0 radical (unpaired) electrons. The van der Waals surface area contributed by atoms with Crippen LogP contribution in [0.2, 0.25) is 5.04 Å². The first-order chi connectivity index (χ1) is 11.3. The molecule has 0 atom stereocenters. The summed E-state index contributed by atoms with van der Waals surface area (Å²) in [6.45, 7) is 2.30. The Labute approximate surface area is 141 Å². The maximum atomic E-state index is 6.47. The zero-order chi connectivity index (χ0) is 16.0. The van der Waals surface area contributed by atoms with Crippen LogP contribution in [0.3, 0.4) is 0 Å². The second-order valence-electron chi connectivity index (χ2n) is 6.47. The molecule has 3 rings (SSSR count). The van der Waals surface area contributed by atoms with Crippen molar-refractivity contribution < 1.29 is 8.85 Å². The van der Waals surface area contributed by atoms with Gasteiger partial charge in [0.15, 0.2) is 0 Å². The summed E-state index contributed by atoms with van der Waals surface area (Å²) in [6.07, 6.45) is 7.56. The molecular formula is C20H26O2Si. The Balaban J connectivity index is 1.85. The summed E-state index contributed by atoms with van der Waals surface area (Å²) in [5.74, 6) is 1.89. The van der Waals surface area contributed by atoms with Crippen molar-refractivity contribution in [3.63, 3.8) is 0 Å². The molecule has 0 bridgehead atoms. The molecule has 1 aliphatic carbocycles. The standard InChI is InChI=1S/C20H26O2Si/c1-2-20(16-10-5-11-17-20)23(21-18-12-6-3-7-13-18)22-19-14-8-4-9-15-19/h3-4,6-9,12-15,23H,2,5,10-11,16-17H2,1H3. The Morgan fingerprint density at radius 3 is 1.70 bits per heavy atom. The summed E-state index contributed by atoms with van der Waals surface area (Å²) >= 11 is 0. The predicted octanol–water partition coefficient (Wildman–Crippen LogP) is 5.48. The van der Waals surface area contributed by atoms with Crippen LogP contribution < -0.4 is 8.85 Å². The van der Waals surface area contributed by atoms with Crippen LogP contribution in [0.4, 0.5) is 0 Å². The van der Waals surface area contributed by atoms with Crippen LogP contribution in [-0.2, 0) is 0 Å². The summed E-state index contributed by atoms with van der Waals surface area (Å²) in [7, 11) is -1.90. The fraction of sp³-hybridized carbons (Fsp3) is 0.400. The Hall–Kier alpha value is -1.74. The smallest absolute Gasteiger partial charge is 0.450 e. The lowest BCUT2D eigenvalue weighted by Gasteiger charge is -2.40. The van der Waals surface area contributed by atoms with Crippen LogP contribution in [0.5, 0.6) is 11.5 Å². The molecule has 1 fully saturated rings. The van der Waals surface area contributed by atoms with E-state index in [-0.39, 0.29) is 5.04 Å². The van der Waals surface area contributed by atoms with Crippen molar-refractivity contribution >= 4 is 9.28 Å². The van der Waals surface area contributed by atoms with E-state index in [4.69, 9.17) is 8.85 Å². The zero-order valence-electron chi connectivity index (χ0n) is 13.9. The topological polar surface area (TPSA) is 18.5 Å². The summed E-state index contributed by atoms with van der Waals surface area (Å²) in [4.78, 5) is 0.